The number of hydrogen-bond donors (Lipinski definition) is 0. The van der Waals surface area contributed by atoms with Crippen molar-refractivity contribution in [3.63, 3.8) is 0 Å². The molecule has 2 aromatic rings. The van der Waals surface area contributed by atoms with Crippen LogP contribution in [0.15, 0.2) is 47.6 Å². The molecule has 1 saturated heterocycles. The molecule has 0 N–H and O–H groups in total. The summed E-state index contributed by atoms with van der Waals surface area (Å²) in [6.45, 7) is 2.83. The second kappa shape index (κ2) is 8.86. The number of pyridine rings is 1. The number of hydrogen-bond acceptors (Lipinski definition) is 5. The van der Waals surface area contributed by atoms with Crippen molar-refractivity contribution in [2.24, 2.45) is 0 Å². The Morgan fingerprint density at radius 2 is 1.80 bits per heavy atom. The highest BCUT2D eigenvalue weighted by Crippen LogP contribution is 2.40. The Labute approximate surface area is 172 Å². The van der Waals surface area contributed by atoms with Crippen LogP contribution in [0.3, 0.4) is 0 Å². The Morgan fingerprint density at radius 3 is 2.37 bits per heavy atom. The largest absolute Gasteiger partial charge is 0.409 e. The molecular formula is C19H21F4N3O3S. The fourth-order valence-electron chi connectivity index (χ4n) is 3.33. The highest BCUT2D eigenvalue weighted by Gasteiger charge is 2.48. The van der Waals surface area contributed by atoms with Gasteiger partial charge in [-0.15, -0.1) is 0 Å². The van der Waals surface area contributed by atoms with Crippen LogP contribution in [0.5, 0.6) is 0 Å². The Morgan fingerprint density at radius 1 is 1.17 bits per heavy atom. The van der Waals surface area contributed by atoms with Gasteiger partial charge < -0.3 is 9.64 Å². The molecule has 6 nitrogen and oxygen atoms in total. The average Bonchev–Trinajstić information content (AvgIpc) is 2.72. The summed E-state index contributed by atoms with van der Waals surface area (Å²) >= 11 is 0. The number of nitrogens with zero attached hydrogens (tertiary/aromatic N) is 3. The molecule has 1 aromatic heterocycles. The quantitative estimate of drug-likeness (QED) is 0.636. The number of halogens is 4. The standard InChI is InChI=1S/C19H21F4N3O3S/c1-2-26(18(19(21,22)23)14-3-5-15(20)6-4-14)30(27,28)17-11-16(12-24-13-17)25-7-9-29-10-8-25/h3-6,11-13,18H,2,7-10H2,1H3. The zero-order valence-electron chi connectivity index (χ0n) is 16.1. The molecular weight excluding hydrogens is 426 g/mol. The number of benzene rings is 1. The number of anilines is 1. The first-order valence-electron chi connectivity index (χ1n) is 9.26. The van der Waals surface area contributed by atoms with Crippen LogP contribution >= 0.6 is 0 Å². The van der Waals surface area contributed by atoms with Crippen molar-refractivity contribution < 1.29 is 30.7 Å². The molecule has 0 aliphatic carbocycles. The van der Waals surface area contributed by atoms with Crippen LogP contribution in [-0.2, 0) is 14.8 Å². The highest BCUT2D eigenvalue weighted by molar-refractivity contribution is 7.89. The highest BCUT2D eigenvalue weighted by atomic mass is 32.2. The Bertz CT molecular complexity index is 962. The van der Waals surface area contributed by atoms with Gasteiger partial charge in [0.2, 0.25) is 10.0 Å². The zero-order chi connectivity index (χ0) is 21.9. The fourth-order valence-corrected chi connectivity index (χ4v) is 4.93. The molecule has 1 atom stereocenters. The number of sulfonamides is 1. The maximum atomic E-state index is 13.9. The zero-order valence-corrected chi connectivity index (χ0v) is 17.0. The molecule has 0 radical (unpaired) electrons. The van der Waals surface area contributed by atoms with Crippen molar-refractivity contribution >= 4 is 15.7 Å². The third kappa shape index (κ3) is 4.73. The van der Waals surface area contributed by atoms with Crippen LogP contribution in [0.25, 0.3) is 0 Å². The first-order valence-corrected chi connectivity index (χ1v) is 10.7. The number of rotatable bonds is 6. The third-order valence-corrected chi connectivity index (χ3v) is 6.68. The van der Waals surface area contributed by atoms with E-state index in [1.807, 2.05) is 4.90 Å². The fraction of sp³-hybridized carbons (Fsp3) is 0.421. The van der Waals surface area contributed by atoms with Gasteiger partial charge in [0.05, 0.1) is 25.1 Å². The molecule has 2 heterocycles. The molecule has 164 valence electrons. The summed E-state index contributed by atoms with van der Waals surface area (Å²) in [6, 6.07) is 2.47. The van der Waals surface area contributed by atoms with E-state index in [-0.39, 0.29) is 10.5 Å². The van der Waals surface area contributed by atoms with E-state index < -0.39 is 34.6 Å². The Hall–Kier alpha value is -2.24. The first kappa shape index (κ1) is 22.4. The number of aromatic nitrogens is 1. The van der Waals surface area contributed by atoms with Crippen LogP contribution in [0, 0.1) is 5.82 Å². The summed E-state index contributed by atoms with van der Waals surface area (Å²) in [5.74, 6) is -0.715. The summed E-state index contributed by atoms with van der Waals surface area (Å²) < 4.78 is 87.0. The third-order valence-electron chi connectivity index (χ3n) is 4.78. The van der Waals surface area contributed by atoms with Gasteiger partial charge in [0.15, 0.2) is 0 Å². The van der Waals surface area contributed by atoms with Gasteiger partial charge in [-0.05, 0) is 23.8 Å². The van der Waals surface area contributed by atoms with Crippen LogP contribution in [0.2, 0.25) is 0 Å². The van der Waals surface area contributed by atoms with Gasteiger partial charge in [-0.1, -0.05) is 19.1 Å². The molecule has 30 heavy (non-hydrogen) atoms. The van der Waals surface area contributed by atoms with Gasteiger partial charge in [-0.25, -0.2) is 12.8 Å². The minimum Gasteiger partial charge on any atom is -0.378 e. The molecule has 0 saturated carbocycles. The molecule has 1 aliphatic rings. The number of alkyl halides is 3. The van der Waals surface area contributed by atoms with Gasteiger partial charge in [0.1, 0.15) is 16.8 Å². The summed E-state index contributed by atoms with van der Waals surface area (Å²) in [6.07, 6.45) is -2.42. The van der Waals surface area contributed by atoms with E-state index in [1.165, 1.54) is 19.2 Å². The molecule has 11 heteroatoms. The van der Waals surface area contributed by atoms with Crippen molar-refractivity contribution in [1.82, 2.24) is 9.29 Å². The summed E-state index contributed by atoms with van der Waals surface area (Å²) in [4.78, 5) is 5.44. The van der Waals surface area contributed by atoms with Gasteiger partial charge in [-0.2, -0.15) is 17.5 Å². The predicted octanol–water partition coefficient (Wildman–Crippen LogP) is 3.37. The van der Waals surface area contributed by atoms with Crippen LogP contribution < -0.4 is 4.90 Å². The normalized spacial score (nSPS) is 16.7. The van der Waals surface area contributed by atoms with E-state index >= 15 is 0 Å². The summed E-state index contributed by atoms with van der Waals surface area (Å²) in [5.41, 5.74) is 0.118. The number of ether oxygens (including phenoxy) is 1. The van der Waals surface area contributed by atoms with Crippen molar-refractivity contribution in [3.05, 3.63) is 54.1 Å². The molecule has 1 aliphatic heterocycles. The SMILES string of the molecule is CCN(C(c1ccc(F)cc1)C(F)(F)F)S(=O)(=O)c1cncc(N2CCOCC2)c1. The summed E-state index contributed by atoms with van der Waals surface area (Å²) in [7, 11) is -4.55. The van der Waals surface area contributed by atoms with Gasteiger partial charge in [0.25, 0.3) is 0 Å². The van der Waals surface area contributed by atoms with Crippen LogP contribution in [0.1, 0.15) is 18.5 Å². The van der Waals surface area contributed by atoms with Crippen molar-refractivity contribution in [2.75, 3.05) is 37.7 Å². The van der Waals surface area contributed by atoms with Crippen LogP contribution in [0.4, 0.5) is 23.2 Å². The van der Waals surface area contributed by atoms with E-state index in [9.17, 15) is 26.0 Å². The number of morpholine rings is 1. The Kier molecular flexibility index (Phi) is 6.63. The molecule has 0 spiro atoms. The van der Waals surface area contributed by atoms with Crippen LogP contribution in [-0.4, -0.2) is 56.7 Å². The van der Waals surface area contributed by atoms with E-state index in [2.05, 4.69) is 4.98 Å². The van der Waals surface area contributed by atoms with Crippen molar-refractivity contribution in [2.45, 2.75) is 24.0 Å². The predicted molar refractivity (Wildman–Crippen MR) is 102 cm³/mol. The lowest BCUT2D eigenvalue weighted by atomic mass is 10.1. The van der Waals surface area contributed by atoms with Gasteiger partial charge in [0, 0.05) is 25.8 Å². The smallest absolute Gasteiger partial charge is 0.378 e. The second-order valence-electron chi connectivity index (χ2n) is 6.68. The van der Waals surface area contributed by atoms with E-state index in [0.29, 0.717) is 36.3 Å². The van der Waals surface area contributed by atoms with Gasteiger partial charge in [-0.3, -0.25) is 4.98 Å². The minimum atomic E-state index is -4.91. The first-order chi connectivity index (χ1) is 14.1. The lowest BCUT2D eigenvalue weighted by molar-refractivity contribution is -0.173. The average molecular weight is 447 g/mol. The van der Waals surface area contributed by atoms with E-state index in [0.717, 1.165) is 30.5 Å². The topological polar surface area (TPSA) is 62.7 Å². The molecule has 1 fully saturated rings. The lowest BCUT2D eigenvalue weighted by Gasteiger charge is -2.32. The van der Waals surface area contributed by atoms with E-state index in [1.54, 1.807) is 0 Å². The van der Waals surface area contributed by atoms with Crippen molar-refractivity contribution in [1.29, 1.82) is 0 Å². The second-order valence-corrected chi connectivity index (χ2v) is 8.57. The molecule has 3 rings (SSSR count). The Balaban J connectivity index is 2.02. The van der Waals surface area contributed by atoms with E-state index in [4.69, 9.17) is 4.74 Å². The monoisotopic (exact) mass is 447 g/mol. The molecule has 1 unspecified atom stereocenters. The molecule has 0 bridgehead atoms. The van der Waals surface area contributed by atoms with Crippen molar-refractivity contribution in [3.8, 4) is 0 Å². The molecule has 1 aromatic carbocycles. The lowest BCUT2D eigenvalue weighted by Crippen LogP contribution is -2.42. The van der Waals surface area contributed by atoms with Gasteiger partial charge >= 0.3 is 6.18 Å². The minimum absolute atomic E-state index is 0.343. The molecule has 0 amide bonds. The maximum absolute atomic E-state index is 13.9. The summed E-state index contributed by atoms with van der Waals surface area (Å²) in [5, 5.41) is 0. The maximum Gasteiger partial charge on any atom is 0.409 e.